The van der Waals surface area contributed by atoms with E-state index in [1.807, 2.05) is 12.3 Å². The summed E-state index contributed by atoms with van der Waals surface area (Å²) in [7, 11) is 0. The van der Waals surface area contributed by atoms with Gasteiger partial charge in [-0.2, -0.15) is 0 Å². The molecule has 0 aliphatic carbocycles. The van der Waals surface area contributed by atoms with E-state index in [0.717, 1.165) is 10.6 Å². The lowest BCUT2D eigenvalue weighted by atomic mass is 10.3. The molecular weight excluding hydrogens is 310 g/mol. The number of thioether (sulfide) groups is 1. The molecule has 0 aliphatic rings. The molecule has 0 saturated heterocycles. The monoisotopic (exact) mass is 323 g/mol. The molecule has 0 spiro atoms. The van der Waals surface area contributed by atoms with E-state index in [-0.39, 0.29) is 16.8 Å². The van der Waals surface area contributed by atoms with Gasteiger partial charge in [-0.1, -0.05) is 0 Å². The zero-order valence-corrected chi connectivity index (χ0v) is 13.0. The molecule has 2 aromatic rings. The molecule has 0 fully saturated rings. The zero-order chi connectivity index (χ0) is 15.4. The number of hydrogen-bond donors (Lipinski definition) is 1. The Bertz CT molecular complexity index is 655. The lowest BCUT2D eigenvalue weighted by Gasteiger charge is -2.10. The van der Waals surface area contributed by atoms with Crippen molar-refractivity contribution >= 4 is 39.8 Å². The molecule has 1 amide bonds. The summed E-state index contributed by atoms with van der Waals surface area (Å²) >= 11 is 2.72. The van der Waals surface area contributed by atoms with Crippen molar-refractivity contribution in [2.24, 2.45) is 0 Å². The Morgan fingerprint density at radius 2 is 2.10 bits per heavy atom. The van der Waals surface area contributed by atoms with Crippen molar-refractivity contribution in [1.29, 1.82) is 0 Å². The van der Waals surface area contributed by atoms with Crippen molar-refractivity contribution in [1.82, 2.24) is 4.98 Å². The summed E-state index contributed by atoms with van der Waals surface area (Å²) in [6.07, 6.45) is 0. The highest BCUT2D eigenvalue weighted by atomic mass is 32.2. The van der Waals surface area contributed by atoms with Crippen LogP contribution in [-0.2, 0) is 4.79 Å². The SMILES string of the molecule is Cc1csc(NC(=O)[C@@H](C)Sc2ccc([N+](=O)[O-])cc2)n1. The smallest absolute Gasteiger partial charge is 0.269 e. The Morgan fingerprint density at radius 1 is 1.43 bits per heavy atom. The molecule has 0 unspecified atom stereocenters. The molecule has 0 radical (unpaired) electrons. The second-order valence-corrected chi connectivity index (χ2v) is 6.57. The predicted molar refractivity (Wildman–Crippen MR) is 83.9 cm³/mol. The highest BCUT2D eigenvalue weighted by Crippen LogP contribution is 2.26. The summed E-state index contributed by atoms with van der Waals surface area (Å²) in [6, 6.07) is 6.13. The van der Waals surface area contributed by atoms with Gasteiger partial charge in [-0.25, -0.2) is 4.98 Å². The number of non-ortho nitro benzene ring substituents is 1. The van der Waals surface area contributed by atoms with Gasteiger partial charge in [-0.15, -0.1) is 23.1 Å². The minimum Gasteiger partial charge on any atom is -0.301 e. The fourth-order valence-corrected chi connectivity index (χ4v) is 3.08. The first-order chi connectivity index (χ1) is 9.95. The van der Waals surface area contributed by atoms with Gasteiger partial charge in [0, 0.05) is 22.4 Å². The summed E-state index contributed by atoms with van der Waals surface area (Å²) in [6.45, 7) is 3.64. The van der Waals surface area contributed by atoms with Crippen molar-refractivity contribution in [2.75, 3.05) is 5.32 Å². The van der Waals surface area contributed by atoms with Gasteiger partial charge in [-0.3, -0.25) is 14.9 Å². The lowest BCUT2D eigenvalue weighted by Crippen LogP contribution is -2.22. The topological polar surface area (TPSA) is 85.1 Å². The van der Waals surface area contributed by atoms with Crippen LogP contribution in [0.1, 0.15) is 12.6 Å². The second kappa shape index (κ2) is 6.68. The Balaban J connectivity index is 1.95. The molecular formula is C13H13N3O3S2. The standard InChI is InChI=1S/C13H13N3O3S2/c1-8-7-20-13(14-8)15-12(17)9(2)21-11-5-3-10(4-6-11)16(18)19/h3-7,9H,1-2H3,(H,14,15,17)/t9-/m1/s1. The van der Waals surface area contributed by atoms with Crippen LogP contribution in [0.25, 0.3) is 0 Å². The van der Waals surface area contributed by atoms with Gasteiger partial charge in [0.25, 0.3) is 5.69 Å². The first kappa shape index (κ1) is 15.5. The number of thiazole rings is 1. The average molecular weight is 323 g/mol. The second-order valence-electron chi connectivity index (χ2n) is 4.29. The van der Waals surface area contributed by atoms with Gasteiger partial charge in [0.2, 0.25) is 5.91 Å². The lowest BCUT2D eigenvalue weighted by molar-refractivity contribution is -0.384. The molecule has 0 saturated carbocycles. The number of aromatic nitrogens is 1. The maximum atomic E-state index is 12.0. The van der Waals surface area contributed by atoms with E-state index in [1.165, 1.54) is 35.2 Å². The molecule has 0 aliphatic heterocycles. The van der Waals surface area contributed by atoms with Crippen LogP contribution < -0.4 is 5.32 Å². The number of nitro benzene ring substituents is 1. The average Bonchev–Trinajstić information content (AvgIpc) is 2.84. The Kier molecular flexibility index (Phi) is 4.92. The number of nitro groups is 1. The number of anilines is 1. The normalized spacial score (nSPS) is 11.9. The number of carbonyl (C=O) groups excluding carboxylic acids is 1. The predicted octanol–water partition coefficient (Wildman–Crippen LogP) is 3.48. The van der Waals surface area contributed by atoms with Gasteiger partial charge in [0.1, 0.15) is 0 Å². The van der Waals surface area contributed by atoms with Gasteiger partial charge < -0.3 is 5.32 Å². The number of aryl methyl sites for hydroxylation is 1. The molecule has 6 nitrogen and oxygen atoms in total. The third-order valence-corrected chi connectivity index (χ3v) is 4.57. The fraction of sp³-hybridized carbons (Fsp3) is 0.231. The number of nitrogens with one attached hydrogen (secondary N) is 1. The summed E-state index contributed by atoms with van der Waals surface area (Å²) in [5.74, 6) is -0.146. The van der Waals surface area contributed by atoms with Crippen LogP contribution in [0.5, 0.6) is 0 Å². The summed E-state index contributed by atoms with van der Waals surface area (Å²) in [4.78, 5) is 27.1. The first-order valence-corrected chi connectivity index (χ1v) is 7.86. The van der Waals surface area contributed by atoms with E-state index in [0.29, 0.717) is 5.13 Å². The maximum Gasteiger partial charge on any atom is 0.269 e. The molecule has 21 heavy (non-hydrogen) atoms. The molecule has 1 atom stereocenters. The number of rotatable bonds is 5. The minimum absolute atomic E-state index is 0.0368. The summed E-state index contributed by atoms with van der Waals surface area (Å²) < 4.78 is 0. The van der Waals surface area contributed by atoms with Crippen LogP contribution in [0.2, 0.25) is 0 Å². The molecule has 0 bridgehead atoms. The Labute approximate surface area is 129 Å². The van der Waals surface area contributed by atoms with Gasteiger partial charge in [0.15, 0.2) is 5.13 Å². The molecule has 110 valence electrons. The van der Waals surface area contributed by atoms with E-state index in [9.17, 15) is 14.9 Å². The minimum atomic E-state index is -0.449. The number of carbonyl (C=O) groups is 1. The Hall–Kier alpha value is -1.93. The van der Waals surface area contributed by atoms with Crippen molar-refractivity contribution < 1.29 is 9.72 Å². The zero-order valence-electron chi connectivity index (χ0n) is 11.4. The molecule has 8 heteroatoms. The van der Waals surface area contributed by atoms with Gasteiger partial charge >= 0.3 is 0 Å². The van der Waals surface area contributed by atoms with Crippen LogP contribution >= 0.6 is 23.1 Å². The van der Waals surface area contributed by atoms with E-state index < -0.39 is 4.92 Å². The molecule has 1 heterocycles. The maximum absolute atomic E-state index is 12.0. The van der Waals surface area contributed by atoms with Crippen molar-refractivity contribution in [2.45, 2.75) is 24.0 Å². The van der Waals surface area contributed by atoms with E-state index in [1.54, 1.807) is 19.1 Å². The van der Waals surface area contributed by atoms with Crippen molar-refractivity contribution in [3.05, 3.63) is 45.5 Å². The number of benzene rings is 1. The molecule has 1 aromatic carbocycles. The van der Waals surface area contributed by atoms with Gasteiger partial charge in [-0.05, 0) is 26.0 Å². The highest BCUT2D eigenvalue weighted by molar-refractivity contribution is 8.00. The quantitative estimate of drug-likeness (QED) is 0.517. The van der Waals surface area contributed by atoms with E-state index >= 15 is 0 Å². The largest absolute Gasteiger partial charge is 0.301 e. The summed E-state index contributed by atoms with van der Waals surface area (Å²) in [5, 5.41) is 15.4. The third-order valence-electron chi connectivity index (χ3n) is 2.58. The molecule has 1 aromatic heterocycles. The third kappa shape index (κ3) is 4.27. The van der Waals surface area contributed by atoms with Crippen LogP contribution in [0.15, 0.2) is 34.5 Å². The van der Waals surface area contributed by atoms with Crippen LogP contribution in [0.4, 0.5) is 10.8 Å². The van der Waals surface area contributed by atoms with E-state index in [2.05, 4.69) is 10.3 Å². The first-order valence-electron chi connectivity index (χ1n) is 6.10. The van der Waals surface area contributed by atoms with Crippen LogP contribution in [0.3, 0.4) is 0 Å². The summed E-state index contributed by atoms with van der Waals surface area (Å²) in [5.41, 5.74) is 0.903. The molecule has 2 rings (SSSR count). The van der Waals surface area contributed by atoms with E-state index in [4.69, 9.17) is 0 Å². The van der Waals surface area contributed by atoms with Crippen LogP contribution in [-0.4, -0.2) is 21.1 Å². The van der Waals surface area contributed by atoms with Crippen LogP contribution in [0, 0.1) is 17.0 Å². The molecule has 1 N–H and O–H groups in total. The number of hydrogen-bond acceptors (Lipinski definition) is 6. The Morgan fingerprint density at radius 3 is 2.62 bits per heavy atom. The van der Waals surface area contributed by atoms with Crippen molar-refractivity contribution in [3.8, 4) is 0 Å². The number of amides is 1. The highest BCUT2D eigenvalue weighted by Gasteiger charge is 2.16. The van der Waals surface area contributed by atoms with Crippen molar-refractivity contribution in [3.63, 3.8) is 0 Å². The fourth-order valence-electron chi connectivity index (χ4n) is 1.52. The van der Waals surface area contributed by atoms with Gasteiger partial charge in [0.05, 0.1) is 15.9 Å². The number of nitrogens with zero attached hydrogens (tertiary/aromatic N) is 2.